The Labute approximate surface area is 123 Å². The first kappa shape index (κ1) is 14.1. The van der Waals surface area contributed by atoms with Crippen molar-refractivity contribution in [2.75, 3.05) is 0 Å². The van der Waals surface area contributed by atoms with Crippen molar-refractivity contribution in [3.05, 3.63) is 58.1 Å². The summed E-state index contributed by atoms with van der Waals surface area (Å²) in [5.41, 5.74) is 0.832. The number of rotatable bonds is 3. The molecule has 0 aliphatic rings. The maximum atomic E-state index is 11.9. The third kappa shape index (κ3) is 3.19. The number of ketones is 1. The molecule has 0 amide bonds. The molecule has 0 fully saturated rings. The minimum absolute atomic E-state index is 0.106. The molecule has 0 saturated carbocycles. The van der Waals surface area contributed by atoms with Crippen LogP contribution in [0.25, 0.3) is 6.08 Å². The van der Waals surface area contributed by atoms with Crippen LogP contribution in [0, 0.1) is 0 Å². The van der Waals surface area contributed by atoms with E-state index in [0.717, 1.165) is 11.6 Å². The lowest BCUT2D eigenvalue weighted by Crippen LogP contribution is -1.94. The van der Waals surface area contributed by atoms with Crippen LogP contribution in [0.4, 0.5) is 0 Å². The van der Waals surface area contributed by atoms with Crippen LogP contribution >= 0.6 is 15.9 Å². The predicted molar refractivity (Wildman–Crippen MR) is 78.9 cm³/mol. The van der Waals surface area contributed by atoms with Crippen molar-refractivity contribution in [2.24, 2.45) is 0 Å². The summed E-state index contributed by atoms with van der Waals surface area (Å²) in [5, 5.41) is 28.1. The van der Waals surface area contributed by atoms with Gasteiger partial charge in [0, 0.05) is 6.07 Å². The molecule has 0 unspecified atom stereocenters. The van der Waals surface area contributed by atoms with Crippen molar-refractivity contribution < 1.29 is 20.1 Å². The topological polar surface area (TPSA) is 77.8 Å². The average molecular weight is 335 g/mol. The summed E-state index contributed by atoms with van der Waals surface area (Å²) >= 11 is 3.18. The number of phenolic OH excluding ortho intramolecular Hbond substituents is 3. The first-order valence-electron chi connectivity index (χ1n) is 5.70. The molecule has 0 spiro atoms. The Kier molecular flexibility index (Phi) is 4.10. The normalized spacial score (nSPS) is 10.8. The van der Waals surface area contributed by atoms with Gasteiger partial charge in [-0.1, -0.05) is 12.1 Å². The highest BCUT2D eigenvalue weighted by atomic mass is 79.9. The van der Waals surface area contributed by atoms with Gasteiger partial charge >= 0.3 is 0 Å². The Morgan fingerprint density at radius 2 is 1.75 bits per heavy atom. The molecular formula is C15H11BrO4. The minimum Gasteiger partial charge on any atom is -0.508 e. The third-order valence-corrected chi connectivity index (χ3v) is 3.28. The summed E-state index contributed by atoms with van der Waals surface area (Å²) < 4.78 is 0.527. The van der Waals surface area contributed by atoms with Crippen LogP contribution in [0.15, 0.2) is 46.9 Å². The van der Waals surface area contributed by atoms with Crippen LogP contribution in [0.1, 0.15) is 15.9 Å². The van der Waals surface area contributed by atoms with Crippen LogP contribution < -0.4 is 0 Å². The number of allylic oxidation sites excluding steroid dienone is 1. The van der Waals surface area contributed by atoms with Gasteiger partial charge in [0.15, 0.2) is 5.78 Å². The van der Waals surface area contributed by atoms with E-state index in [1.807, 2.05) is 0 Å². The van der Waals surface area contributed by atoms with Crippen LogP contribution in [0.5, 0.6) is 17.2 Å². The van der Waals surface area contributed by atoms with E-state index in [1.54, 1.807) is 18.2 Å². The summed E-state index contributed by atoms with van der Waals surface area (Å²) in [6.07, 6.45) is 2.88. The molecular weight excluding hydrogens is 324 g/mol. The van der Waals surface area contributed by atoms with Crippen LogP contribution in [0.3, 0.4) is 0 Å². The number of carbonyl (C=O) groups is 1. The molecule has 2 rings (SSSR count). The van der Waals surface area contributed by atoms with E-state index in [1.165, 1.54) is 24.3 Å². The van der Waals surface area contributed by atoms with Gasteiger partial charge in [0.05, 0.1) is 10.0 Å². The van der Waals surface area contributed by atoms with E-state index in [9.17, 15) is 15.0 Å². The number of hydrogen-bond acceptors (Lipinski definition) is 4. The van der Waals surface area contributed by atoms with Gasteiger partial charge in [0.2, 0.25) is 0 Å². The second-order valence-corrected chi connectivity index (χ2v) is 4.96. The number of carbonyl (C=O) groups excluding carboxylic acids is 1. The van der Waals surface area contributed by atoms with Crippen LogP contribution in [-0.4, -0.2) is 21.1 Å². The molecule has 0 bridgehead atoms. The summed E-state index contributed by atoms with van der Waals surface area (Å²) in [6, 6.07) is 8.61. The lowest BCUT2D eigenvalue weighted by Gasteiger charge is -2.01. The summed E-state index contributed by atoms with van der Waals surface area (Å²) in [5.74, 6) is -0.645. The first-order valence-corrected chi connectivity index (χ1v) is 6.49. The van der Waals surface area contributed by atoms with E-state index < -0.39 is 0 Å². The molecule has 4 nitrogen and oxygen atoms in total. The quantitative estimate of drug-likeness (QED) is 0.593. The molecule has 0 saturated heterocycles. The maximum Gasteiger partial charge on any atom is 0.189 e. The molecule has 5 heteroatoms. The molecule has 0 atom stereocenters. The van der Waals surface area contributed by atoms with Gasteiger partial charge in [0.25, 0.3) is 0 Å². The fourth-order valence-corrected chi connectivity index (χ4v) is 2.01. The van der Waals surface area contributed by atoms with Gasteiger partial charge in [0.1, 0.15) is 17.2 Å². The largest absolute Gasteiger partial charge is 0.508 e. The number of halogens is 1. The summed E-state index contributed by atoms with van der Waals surface area (Å²) in [7, 11) is 0. The number of hydrogen-bond donors (Lipinski definition) is 3. The van der Waals surface area contributed by atoms with E-state index in [2.05, 4.69) is 15.9 Å². The van der Waals surface area contributed by atoms with Gasteiger partial charge in [-0.05, 0) is 51.8 Å². The Bertz CT molecular complexity index is 692. The highest BCUT2D eigenvalue weighted by Gasteiger charge is 2.08. The smallest absolute Gasteiger partial charge is 0.189 e. The lowest BCUT2D eigenvalue weighted by atomic mass is 10.1. The van der Waals surface area contributed by atoms with Gasteiger partial charge in [-0.3, -0.25) is 4.79 Å². The number of phenols is 3. The van der Waals surface area contributed by atoms with Crippen molar-refractivity contribution in [3.63, 3.8) is 0 Å². The van der Waals surface area contributed by atoms with Crippen molar-refractivity contribution in [3.8, 4) is 17.2 Å². The average Bonchev–Trinajstić information content (AvgIpc) is 2.40. The summed E-state index contributed by atoms with van der Waals surface area (Å²) in [4.78, 5) is 11.9. The molecule has 0 aromatic heterocycles. The fourth-order valence-electron chi connectivity index (χ4n) is 1.62. The third-order valence-electron chi connectivity index (χ3n) is 2.65. The zero-order valence-electron chi connectivity index (χ0n) is 10.2. The standard InChI is InChI=1S/C15H11BrO4/c16-12-7-9(2-6-14(12)19)1-5-13(18)11-4-3-10(17)8-15(11)20/h1-8,17,19-20H/b5-1+. The predicted octanol–water partition coefficient (Wildman–Crippen LogP) is 3.46. The second-order valence-electron chi connectivity index (χ2n) is 4.11. The molecule has 2 aromatic rings. The van der Waals surface area contributed by atoms with Crippen molar-refractivity contribution in [1.29, 1.82) is 0 Å². The second kappa shape index (κ2) is 5.79. The van der Waals surface area contributed by atoms with E-state index in [-0.39, 0.29) is 28.6 Å². The van der Waals surface area contributed by atoms with Gasteiger partial charge < -0.3 is 15.3 Å². The molecule has 0 aliphatic heterocycles. The lowest BCUT2D eigenvalue weighted by molar-refractivity contribution is 0.104. The zero-order valence-corrected chi connectivity index (χ0v) is 11.8. The van der Waals surface area contributed by atoms with Crippen molar-refractivity contribution >= 4 is 27.8 Å². The maximum absolute atomic E-state index is 11.9. The van der Waals surface area contributed by atoms with Crippen molar-refractivity contribution in [1.82, 2.24) is 0 Å². The Morgan fingerprint density at radius 3 is 2.40 bits per heavy atom. The summed E-state index contributed by atoms with van der Waals surface area (Å²) in [6.45, 7) is 0. The number of benzene rings is 2. The molecule has 0 radical (unpaired) electrons. The van der Waals surface area contributed by atoms with Gasteiger partial charge in [-0.25, -0.2) is 0 Å². The minimum atomic E-state index is -0.383. The van der Waals surface area contributed by atoms with Crippen LogP contribution in [-0.2, 0) is 0 Å². The molecule has 0 aliphatic carbocycles. The molecule has 3 N–H and O–H groups in total. The Morgan fingerprint density at radius 1 is 1.00 bits per heavy atom. The van der Waals surface area contributed by atoms with E-state index in [4.69, 9.17) is 5.11 Å². The van der Waals surface area contributed by atoms with Gasteiger partial charge in [-0.15, -0.1) is 0 Å². The highest BCUT2D eigenvalue weighted by Crippen LogP contribution is 2.26. The monoisotopic (exact) mass is 334 g/mol. The zero-order chi connectivity index (χ0) is 14.7. The highest BCUT2D eigenvalue weighted by molar-refractivity contribution is 9.10. The first-order chi connectivity index (χ1) is 9.47. The van der Waals surface area contributed by atoms with E-state index in [0.29, 0.717) is 4.47 Å². The fraction of sp³-hybridized carbons (Fsp3) is 0. The number of aromatic hydroxyl groups is 3. The van der Waals surface area contributed by atoms with Crippen LogP contribution in [0.2, 0.25) is 0 Å². The SMILES string of the molecule is O=C(/C=C/c1ccc(O)c(Br)c1)c1ccc(O)cc1O. The molecule has 2 aromatic carbocycles. The van der Waals surface area contributed by atoms with Gasteiger partial charge in [-0.2, -0.15) is 0 Å². The van der Waals surface area contributed by atoms with E-state index >= 15 is 0 Å². The van der Waals surface area contributed by atoms with Crippen molar-refractivity contribution in [2.45, 2.75) is 0 Å². The molecule has 0 heterocycles. The Hall–Kier alpha value is -2.27. The Balaban J connectivity index is 2.22. The molecule has 20 heavy (non-hydrogen) atoms. The molecule has 102 valence electrons.